The molecule has 2 aliphatic heterocycles. The van der Waals surface area contributed by atoms with Gasteiger partial charge >= 0.3 is 0 Å². The van der Waals surface area contributed by atoms with Gasteiger partial charge in [-0.2, -0.15) is 5.10 Å². The van der Waals surface area contributed by atoms with Crippen LogP contribution in [0.1, 0.15) is 63.2 Å². The molecule has 2 fully saturated rings. The van der Waals surface area contributed by atoms with E-state index in [1.54, 1.807) is 10.9 Å². The smallest absolute Gasteiger partial charge is 0.257 e. The van der Waals surface area contributed by atoms with E-state index in [0.717, 1.165) is 58.4 Å². The number of carbonyl (C=O) groups excluding carboxylic acids is 2. The lowest BCUT2D eigenvalue weighted by Gasteiger charge is -2.48. The van der Waals surface area contributed by atoms with Gasteiger partial charge in [-0.05, 0) is 38.5 Å². The van der Waals surface area contributed by atoms with E-state index < -0.39 is 0 Å². The second-order valence-electron chi connectivity index (χ2n) is 8.41. The lowest BCUT2D eigenvalue weighted by Crippen LogP contribution is -2.55. The van der Waals surface area contributed by atoms with Crippen molar-refractivity contribution in [1.82, 2.24) is 19.6 Å². The summed E-state index contributed by atoms with van der Waals surface area (Å²) in [5.74, 6) is 0.957. The van der Waals surface area contributed by atoms with Crippen LogP contribution in [0.15, 0.2) is 12.4 Å². The first-order valence-electron chi connectivity index (χ1n) is 10.0. The number of piperidine rings is 2. The Labute approximate surface area is 156 Å². The molecule has 6 nitrogen and oxygen atoms in total. The first-order chi connectivity index (χ1) is 12.4. The molecule has 6 heteroatoms. The van der Waals surface area contributed by atoms with Crippen LogP contribution in [0, 0.1) is 11.3 Å². The molecule has 0 unspecified atom stereocenters. The van der Waals surface area contributed by atoms with Crippen LogP contribution in [0.3, 0.4) is 0 Å². The predicted molar refractivity (Wildman–Crippen MR) is 101 cm³/mol. The molecule has 3 rings (SSSR count). The van der Waals surface area contributed by atoms with Crippen molar-refractivity contribution in [3.8, 4) is 0 Å². The van der Waals surface area contributed by atoms with Gasteiger partial charge in [-0.1, -0.05) is 13.8 Å². The van der Waals surface area contributed by atoms with Crippen molar-refractivity contribution < 1.29 is 9.59 Å². The molecule has 26 heavy (non-hydrogen) atoms. The predicted octanol–water partition coefficient (Wildman–Crippen LogP) is 2.79. The third kappa shape index (κ3) is 4.10. The van der Waals surface area contributed by atoms with E-state index in [-0.39, 0.29) is 17.2 Å². The van der Waals surface area contributed by atoms with E-state index in [2.05, 4.69) is 18.9 Å². The number of aromatic nitrogens is 2. The molecule has 144 valence electrons. The average molecular weight is 361 g/mol. The SMILES string of the molecule is CCn1cc(C(=O)N2CCC[C@]3(CCC(=O)N(CCC(C)C)C3)C2)cn1. The Morgan fingerprint density at radius 1 is 1.31 bits per heavy atom. The fourth-order valence-corrected chi connectivity index (χ4v) is 4.26. The minimum Gasteiger partial charge on any atom is -0.342 e. The van der Waals surface area contributed by atoms with Gasteiger partial charge in [0.05, 0.1) is 11.8 Å². The summed E-state index contributed by atoms with van der Waals surface area (Å²) in [4.78, 5) is 29.3. The molecule has 0 bridgehead atoms. The molecule has 2 saturated heterocycles. The molecule has 1 spiro atoms. The fraction of sp³-hybridized carbons (Fsp3) is 0.750. The Morgan fingerprint density at radius 2 is 2.12 bits per heavy atom. The summed E-state index contributed by atoms with van der Waals surface area (Å²) >= 11 is 0. The van der Waals surface area contributed by atoms with Crippen LogP contribution in [-0.4, -0.2) is 57.6 Å². The quantitative estimate of drug-likeness (QED) is 0.811. The lowest BCUT2D eigenvalue weighted by atomic mass is 9.73. The van der Waals surface area contributed by atoms with Crippen LogP contribution in [0.25, 0.3) is 0 Å². The van der Waals surface area contributed by atoms with Crippen molar-refractivity contribution in [3.63, 3.8) is 0 Å². The van der Waals surface area contributed by atoms with E-state index >= 15 is 0 Å². The molecule has 0 aromatic carbocycles. The molecule has 0 aliphatic carbocycles. The summed E-state index contributed by atoms with van der Waals surface area (Å²) in [6, 6.07) is 0. The number of rotatable bonds is 5. The number of likely N-dealkylation sites (tertiary alicyclic amines) is 2. The van der Waals surface area contributed by atoms with E-state index in [1.165, 1.54) is 0 Å². The molecule has 3 heterocycles. The van der Waals surface area contributed by atoms with Gasteiger partial charge in [0.2, 0.25) is 5.91 Å². The molecule has 1 aromatic heterocycles. The Hall–Kier alpha value is -1.85. The number of aryl methyl sites for hydroxylation is 1. The lowest BCUT2D eigenvalue weighted by molar-refractivity contribution is -0.139. The van der Waals surface area contributed by atoms with Gasteiger partial charge in [-0.25, -0.2) is 0 Å². The second-order valence-corrected chi connectivity index (χ2v) is 8.41. The maximum atomic E-state index is 12.9. The maximum Gasteiger partial charge on any atom is 0.257 e. The third-order valence-corrected chi connectivity index (χ3v) is 5.88. The summed E-state index contributed by atoms with van der Waals surface area (Å²) in [5, 5.41) is 4.23. The van der Waals surface area contributed by atoms with Gasteiger partial charge in [-0.3, -0.25) is 14.3 Å². The topological polar surface area (TPSA) is 58.4 Å². The van der Waals surface area contributed by atoms with Crippen molar-refractivity contribution in [2.45, 2.75) is 59.4 Å². The Bertz CT molecular complexity index is 654. The van der Waals surface area contributed by atoms with Crippen molar-refractivity contribution in [1.29, 1.82) is 0 Å². The van der Waals surface area contributed by atoms with Gasteiger partial charge in [0, 0.05) is 50.8 Å². The van der Waals surface area contributed by atoms with Crippen molar-refractivity contribution >= 4 is 11.8 Å². The van der Waals surface area contributed by atoms with Gasteiger partial charge < -0.3 is 9.80 Å². The Kier molecular flexibility index (Phi) is 5.68. The Balaban J connectivity index is 1.68. The highest BCUT2D eigenvalue weighted by molar-refractivity contribution is 5.93. The molecule has 2 aliphatic rings. The van der Waals surface area contributed by atoms with Crippen molar-refractivity contribution in [3.05, 3.63) is 18.0 Å². The van der Waals surface area contributed by atoms with E-state index in [9.17, 15) is 9.59 Å². The largest absolute Gasteiger partial charge is 0.342 e. The van der Waals surface area contributed by atoms with Gasteiger partial charge in [0.25, 0.3) is 5.91 Å². The summed E-state index contributed by atoms with van der Waals surface area (Å²) in [5.41, 5.74) is 0.743. The fourth-order valence-electron chi connectivity index (χ4n) is 4.26. The normalized spacial score (nSPS) is 23.9. The van der Waals surface area contributed by atoms with Crippen molar-refractivity contribution in [2.75, 3.05) is 26.2 Å². The zero-order valence-electron chi connectivity index (χ0n) is 16.4. The van der Waals surface area contributed by atoms with Gasteiger partial charge in [0.1, 0.15) is 0 Å². The van der Waals surface area contributed by atoms with Crippen LogP contribution in [0.4, 0.5) is 0 Å². The molecule has 1 aromatic rings. The minimum atomic E-state index is 0.0690. The number of amides is 2. The standard InChI is InChI=1S/C20H32N4O2/c1-4-24-13-17(12-21-24)19(26)23-10-5-8-20(15-23)9-6-18(25)22(14-20)11-7-16(2)3/h12-13,16H,4-11,14-15H2,1-3H3/t20-/m1/s1. The maximum absolute atomic E-state index is 12.9. The third-order valence-electron chi connectivity index (χ3n) is 5.88. The van der Waals surface area contributed by atoms with Gasteiger partial charge in [-0.15, -0.1) is 0 Å². The first kappa shape index (κ1) is 18.9. The number of carbonyl (C=O) groups is 2. The highest BCUT2D eigenvalue weighted by Gasteiger charge is 2.42. The second kappa shape index (κ2) is 7.80. The summed E-state index contributed by atoms with van der Waals surface area (Å²) < 4.78 is 1.79. The highest BCUT2D eigenvalue weighted by atomic mass is 16.2. The Morgan fingerprint density at radius 3 is 2.81 bits per heavy atom. The van der Waals surface area contributed by atoms with E-state index in [4.69, 9.17) is 0 Å². The number of hydrogen-bond acceptors (Lipinski definition) is 3. The molecule has 0 radical (unpaired) electrons. The highest BCUT2D eigenvalue weighted by Crippen LogP contribution is 2.39. The van der Waals surface area contributed by atoms with Crippen LogP contribution in [0.5, 0.6) is 0 Å². The molecule has 1 atom stereocenters. The summed E-state index contributed by atoms with van der Waals surface area (Å²) in [6.07, 6.45) is 8.20. The molecular formula is C20H32N4O2. The van der Waals surface area contributed by atoms with Crippen LogP contribution in [0.2, 0.25) is 0 Å². The number of nitrogens with zero attached hydrogens (tertiary/aromatic N) is 4. The monoisotopic (exact) mass is 360 g/mol. The zero-order valence-corrected chi connectivity index (χ0v) is 16.4. The molecular weight excluding hydrogens is 328 g/mol. The van der Waals surface area contributed by atoms with Crippen LogP contribution < -0.4 is 0 Å². The number of hydrogen-bond donors (Lipinski definition) is 0. The molecule has 0 N–H and O–H groups in total. The molecule has 0 saturated carbocycles. The molecule has 2 amide bonds. The van der Waals surface area contributed by atoms with Crippen molar-refractivity contribution in [2.24, 2.45) is 11.3 Å². The first-order valence-corrected chi connectivity index (χ1v) is 10.0. The zero-order chi connectivity index (χ0) is 18.7. The average Bonchev–Trinajstić information content (AvgIpc) is 3.11. The van der Waals surface area contributed by atoms with Crippen LogP contribution in [-0.2, 0) is 11.3 Å². The summed E-state index contributed by atoms with van der Waals surface area (Å²) in [7, 11) is 0. The van der Waals surface area contributed by atoms with E-state index in [0.29, 0.717) is 17.9 Å². The van der Waals surface area contributed by atoms with Crippen LogP contribution >= 0.6 is 0 Å². The van der Waals surface area contributed by atoms with Gasteiger partial charge in [0.15, 0.2) is 0 Å². The minimum absolute atomic E-state index is 0.0690. The van der Waals surface area contributed by atoms with E-state index in [1.807, 2.05) is 22.9 Å². The summed E-state index contributed by atoms with van der Waals surface area (Å²) in [6.45, 7) is 10.4.